The fourth-order valence-corrected chi connectivity index (χ4v) is 3.99. The van der Waals surface area contributed by atoms with E-state index in [2.05, 4.69) is 44.0 Å². The molecule has 4 rings (SSSR count). The molecular formula is C19H22N6OS. The van der Waals surface area contributed by atoms with E-state index >= 15 is 0 Å². The molecule has 1 saturated heterocycles. The number of anilines is 1. The number of nitrogens with one attached hydrogen (secondary N) is 1. The Labute approximate surface area is 162 Å². The largest absolute Gasteiger partial charge is 0.322 e. The van der Waals surface area contributed by atoms with Crippen molar-refractivity contribution in [3.8, 4) is 5.82 Å². The molecule has 2 amide bonds. The van der Waals surface area contributed by atoms with Crippen LogP contribution in [0.5, 0.6) is 0 Å². The van der Waals surface area contributed by atoms with Crippen LogP contribution in [-0.4, -0.2) is 56.8 Å². The minimum absolute atomic E-state index is 0.0773. The normalized spacial score (nSPS) is 16.3. The highest BCUT2D eigenvalue weighted by molar-refractivity contribution is 7.07. The molecule has 1 fully saturated rings. The Balaban J connectivity index is 1.30. The van der Waals surface area contributed by atoms with Gasteiger partial charge in [0.05, 0.1) is 11.9 Å². The molecule has 8 heteroatoms. The van der Waals surface area contributed by atoms with Crippen LogP contribution in [0.3, 0.4) is 0 Å². The molecule has 0 spiro atoms. The number of carbonyl (C=O) groups excluding carboxylic acids is 1. The SMILES string of the molecule is CC(c1ccsc1)N1CCN(C(=O)Nc2ccc(-n3cccn3)nc2)CC1. The number of nitrogens with zero attached hydrogens (tertiary/aromatic N) is 5. The molecular weight excluding hydrogens is 360 g/mol. The van der Waals surface area contributed by atoms with Crippen molar-refractivity contribution in [3.63, 3.8) is 0 Å². The summed E-state index contributed by atoms with van der Waals surface area (Å²) in [7, 11) is 0. The maximum Gasteiger partial charge on any atom is 0.321 e. The van der Waals surface area contributed by atoms with E-state index in [-0.39, 0.29) is 6.03 Å². The first kappa shape index (κ1) is 17.7. The van der Waals surface area contributed by atoms with Gasteiger partial charge in [-0.2, -0.15) is 16.4 Å². The van der Waals surface area contributed by atoms with Crippen molar-refractivity contribution in [1.82, 2.24) is 24.6 Å². The van der Waals surface area contributed by atoms with Crippen LogP contribution in [0.1, 0.15) is 18.5 Å². The lowest BCUT2D eigenvalue weighted by molar-refractivity contribution is 0.119. The third-order valence-corrected chi connectivity index (χ3v) is 5.61. The summed E-state index contributed by atoms with van der Waals surface area (Å²) in [6.07, 6.45) is 5.19. The number of urea groups is 1. The van der Waals surface area contributed by atoms with E-state index in [1.54, 1.807) is 28.4 Å². The molecule has 1 aliphatic heterocycles. The van der Waals surface area contributed by atoms with E-state index in [0.29, 0.717) is 17.5 Å². The van der Waals surface area contributed by atoms with Gasteiger partial charge in [-0.1, -0.05) is 0 Å². The fraction of sp³-hybridized carbons (Fsp3) is 0.316. The van der Waals surface area contributed by atoms with E-state index in [9.17, 15) is 4.79 Å². The number of hydrogen-bond donors (Lipinski definition) is 1. The van der Waals surface area contributed by atoms with Gasteiger partial charge in [0, 0.05) is 44.6 Å². The molecule has 0 radical (unpaired) electrons. The van der Waals surface area contributed by atoms with Gasteiger partial charge in [0.15, 0.2) is 5.82 Å². The van der Waals surface area contributed by atoms with Crippen LogP contribution in [-0.2, 0) is 0 Å². The molecule has 1 atom stereocenters. The summed E-state index contributed by atoms with van der Waals surface area (Å²) in [5.41, 5.74) is 2.03. The molecule has 3 aromatic heterocycles. The second kappa shape index (κ2) is 7.89. The number of rotatable bonds is 4. The molecule has 1 N–H and O–H groups in total. The lowest BCUT2D eigenvalue weighted by Crippen LogP contribution is -2.50. The van der Waals surface area contributed by atoms with Gasteiger partial charge in [0.25, 0.3) is 0 Å². The molecule has 0 aliphatic carbocycles. The summed E-state index contributed by atoms with van der Waals surface area (Å²) in [5, 5.41) is 11.4. The predicted octanol–water partition coefficient (Wildman–Crippen LogP) is 3.24. The van der Waals surface area contributed by atoms with Gasteiger partial charge in [0.1, 0.15) is 0 Å². The van der Waals surface area contributed by atoms with E-state index in [0.717, 1.165) is 26.2 Å². The van der Waals surface area contributed by atoms with Crippen molar-refractivity contribution in [2.24, 2.45) is 0 Å². The van der Waals surface area contributed by atoms with Gasteiger partial charge in [-0.05, 0) is 47.5 Å². The first-order valence-corrected chi connectivity index (χ1v) is 9.93. The standard InChI is InChI=1S/C19H22N6OS/c1-15(16-5-12-27-14-16)23-8-10-24(11-9-23)19(26)22-17-3-4-18(20-13-17)25-7-2-6-21-25/h2-7,12-15H,8-11H2,1H3,(H,22,26). The molecule has 3 aromatic rings. The monoisotopic (exact) mass is 382 g/mol. The Morgan fingerprint density at radius 1 is 1.22 bits per heavy atom. The highest BCUT2D eigenvalue weighted by atomic mass is 32.1. The molecule has 27 heavy (non-hydrogen) atoms. The molecule has 4 heterocycles. The summed E-state index contributed by atoms with van der Waals surface area (Å²) in [6.45, 7) is 5.42. The average molecular weight is 382 g/mol. The lowest BCUT2D eigenvalue weighted by atomic mass is 10.1. The molecule has 0 bridgehead atoms. The lowest BCUT2D eigenvalue weighted by Gasteiger charge is -2.37. The van der Waals surface area contributed by atoms with E-state index in [4.69, 9.17) is 0 Å². The molecule has 1 unspecified atom stereocenters. The van der Waals surface area contributed by atoms with Crippen molar-refractivity contribution < 1.29 is 4.79 Å². The predicted molar refractivity (Wildman–Crippen MR) is 106 cm³/mol. The Hall–Kier alpha value is -2.71. The zero-order chi connectivity index (χ0) is 18.6. The van der Waals surface area contributed by atoms with Crippen LogP contribution in [0.25, 0.3) is 5.82 Å². The van der Waals surface area contributed by atoms with Crippen molar-refractivity contribution in [2.75, 3.05) is 31.5 Å². The summed E-state index contributed by atoms with van der Waals surface area (Å²) in [5.74, 6) is 0.717. The summed E-state index contributed by atoms with van der Waals surface area (Å²) in [6, 6.07) is 8.01. The third kappa shape index (κ3) is 4.01. The van der Waals surface area contributed by atoms with Gasteiger partial charge >= 0.3 is 6.03 Å². The highest BCUT2D eigenvalue weighted by Gasteiger charge is 2.25. The first-order chi connectivity index (χ1) is 13.2. The van der Waals surface area contributed by atoms with Crippen molar-refractivity contribution >= 4 is 23.1 Å². The number of pyridine rings is 1. The van der Waals surface area contributed by atoms with Crippen molar-refractivity contribution in [2.45, 2.75) is 13.0 Å². The molecule has 0 aromatic carbocycles. The highest BCUT2D eigenvalue weighted by Crippen LogP contribution is 2.23. The molecule has 0 saturated carbocycles. The smallest absolute Gasteiger partial charge is 0.321 e. The van der Waals surface area contributed by atoms with Crippen LogP contribution < -0.4 is 5.32 Å². The van der Waals surface area contributed by atoms with E-state index in [1.807, 2.05) is 29.3 Å². The van der Waals surface area contributed by atoms with Gasteiger partial charge in [-0.3, -0.25) is 4.90 Å². The zero-order valence-corrected chi connectivity index (χ0v) is 16.0. The van der Waals surface area contributed by atoms with Crippen LogP contribution in [0.15, 0.2) is 53.6 Å². The number of aromatic nitrogens is 3. The van der Waals surface area contributed by atoms with Crippen LogP contribution in [0.2, 0.25) is 0 Å². The molecule has 7 nitrogen and oxygen atoms in total. The zero-order valence-electron chi connectivity index (χ0n) is 15.2. The average Bonchev–Trinajstić information content (AvgIpc) is 3.42. The van der Waals surface area contributed by atoms with Gasteiger partial charge < -0.3 is 10.2 Å². The maximum absolute atomic E-state index is 12.5. The second-order valence-electron chi connectivity index (χ2n) is 6.54. The number of piperazine rings is 1. The topological polar surface area (TPSA) is 66.3 Å². The second-order valence-corrected chi connectivity index (χ2v) is 7.32. The molecule has 1 aliphatic rings. The summed E-state index contributed by atoms with van der Waals surface area (Å²) in [4.78, 5) is 21.2. The number of amides is 2. The number of thiophene rings is 1. The third-order valence-electron chi connectivity index (χ3n) is 4.91. The van der Waals surface area contributed by atoms with Gasteiger partial charge in [-0.25, -0.2) is 14.5 Å². The fourth-order valence-electron chi connectivity index (χ4n) is 3.24. The minimum Gasteiger partial charge on any atom is -0.322 e. The summed E-state index contributed by atoms with van der Waals surface area (Å²) >= 11 is 1.73. The Morgan fingerprint density at radius 3 is 2.70 bits per heavy atom. The van der Waals surface area contributed by atoms with Crippen LogP contribution in [0, 0.1) is 0 Å². The van der Waals surface area contributed by atoms with Crippen LogP contribution >= 0.6 is 11.3 Å². The first-order valence-electron chi connectivity index (χ1n) is 8.99. The van der Waals surface area contributed by atoms with Gasteiger partial charge in [0.2, 0.25) is 0 Å². The van der Waals surface area contributed by atoms with Crippen LogP contribution in [0.4, 0.5) is 10.5 Å². The Morgan fingerprint density at radius 2 is 2.07 bits per heavy atom. The van der Waals surface area contributed by atoms with E-state index in [1.165, 1.54) is 5.56 Å². The number of carbonyl (C=O) groups is 1. The van der Waals surface area contributed by atoms with Crippen molar-refractivity contribution in [1.29, 1.82) is 0 Å². The Bertz CT molecular complexity index is 854. The van der Waals surface area contributed by atoms with Gasteiger partial charge in [-0.15, -0.1) is 0 Å². The maximum atomic E-state index is 12.5. The Kier molecular flexibility index (Phi) is 5.17. The molecule has 140 valence electrons. The minimum atomic E-state index is -0.0773. The summed E-state index contributed by atoms with van der Waals surface area (Å²) < 4.78 is 1.68. The number of hydrogen-bond acceptors (Lipinski definition) is 5. The van der Waals surface area contributed by atoms with E-state index < -0.39 is 0 Å². The van der Waals surface area contributed by atoms with Crippen molar-refractivity contribution in [3.05, 3.63) is 59.2 Å². The quantitative estimate of drug-likeness (QED) is 0.752.